The minimum Gasteiger partial charge on any atom is -0.392 e. The summed E-state index contributed by atoms with van der Waals surface area (Å²) >= 11 is 0. The third-order valence-electron chi connectivity index (χ3n) is 3.67. The van der Waals surface area contributed by atoms with E-state index in [1.165, 1.54) is 0 Å². The lowest BCUT2D eigenvalue weighted by atomic mass is 9.90. The molecule has 0 amide bonds. The Kier molecular flexibility index (Phi) is 10.5. The first-order valence-corrected chi connectivity index (χ1v) is 6.65. The van der Waals surface area contributed by atoms with E-state index < -0.39 is 36.1 Å². The molecule has 0 aliphatic heterocycles. The number of hydrogen-bond acceptors (Lipinski definition) is 4. The van der Waals surface area contributed by atoms with Gasteiger partial charge in [-0.05, 0) is 12.8 Å². The molecule has 0 bridgehead atoms. The minimum absolute atomic E-state index is 0. The van der Waals surface area contributed by atoms with E-state index in [4.69, 9.17) is 21.7 Å². The van der Waals surface area contributed by atoms with Crippen LogP contribution in [0.2, 0.25) is 0 Å². The standard InChI is InChI=1S/2C6H11F2NO.2ClH/c2*7-6(8)2-1-5(10)4(9)3-6;;/h2*4-5,10H,1-3,9H2;2*1H/t2*4-,5-;;/m10../s1. The van der Waals surface area contributed by atoms with Gasteiger partial charge in [-0.15, -0.1) is 24.8 Å². The summed E-state index contributed by atoms with van der Waals surface area (Å²) in [5, 5.41) is 17.9. The van der Waals surface area contributed by atoms with Crippen LogP contribution in [0.25, 0.3) is 0 Å². The van der Waals surface area contributed by atoms with Gasteiger partial charge in [0, 0.05) is 37.8 Å². The molecule has 136 valence electrons. The Morgan fingerprint density at radius 3 is 1.18 bits per heavy atom. The molecule has 4 atom stereocenters. The molecule has 4 nitrogen and oxygen atoms in total. The molecule has 0 aromatic carbocycles. The summed E-state index contributed by atoms with van der Waals surface area (Å²) in [6.07, 6.45) is -2.46. The largest absolute Gasteiger partial charge is 0.392 e. The lowest BCUT2D eigenvalue weighted by molar-refractivity contribution is -0.0723. The van der Waals surface area contributed by atoms with Crippen LogP contribution >= 0.6 is 24.8 Å². The average Bonchev–Trinajstić information content (AvgIpc) is 2.30. The van der Waals surface area contributed by atoms with Gasteiger partial charge >= 0.3 is 0 Å². The third kappa shape index (κ3) is 8.12. The summed E-state index contributed by atoms with van der Waals surface area (Å²) in [7, 11) is 0. The number of aliphatic hydroxyl groups is 2. The van der Waals surface area contributed by atoms with Crippen molar-refractivity contribution in [3.8, 4) is 0 Å². The fourth-order valence-electron chi connectivity index (χ4n) is 2.31. The first-order chi connectivity index (χ1) is 9.02. The molecule has 0 saturated heterocycles. The maximum atomic E-state index is 12.4. The molecule has 0 unspecified atom stereocenters. The first-order valence-electron chi connectivity index (χ1n) is 6.65. The van der Waals surface area contributed by atoms with Gasteiger partial charge in [0.25, 0.3) is 0 Å². The maximum absolute atomic E-state index is 12.4. The lowest BCUT2D eigenvalue weighted by Gasteiger charge is -2.30. The van der Waals surface area contributed by atoms with Gasteiger partial charge in [-0.1, -0.05) is 0 Å². The molecule has 2 fully saturated rings. The van der Waals surface area contributed by atoms with Gasteiger partial charge in [-0.3, -0.25) is 0 Å². The Balaban J connectivity index is 0. The molecule has 22 heavy (non-hydrogen) atoms. The topological polar surface area (TPSA) is 92.5 Å². The second kappa shape index (κ2) is 9.44. The van der Waals surface area contributed by atoms with Gasteiger partial charge in [-0.2, -0.15) is 0 Å². The van der Waals surface area contributed by atoms with Crippen LogP contribution in [0.3, 0.4) is 0 Å². The normalized spacial score (nSPS) is 36.0. The first kappa shape index (κ1) is 24.4. The molecule has 2 aliphatic rings. The molecular weight excluding hydrogens is 351 g/mol. The monoisotopic (exact) mass is 374 g/mol. The second-order valence-electron chi connectivity index (χ2n) is 5.66. The van der Waals surface area contributed by atoms with Crippen LogP contribution in [0.1, 0.15) is 38.5 Å². The smallest absolute Gasteiger partial charge is 0.249 e. The van der Waals surface area contributed by atoms with Crippen LogP contribution in [0.15, 0.2) is 0 Å². The highest BCUT2D eigenvalue weighted by molar-refractivity contribution is 5.85. The molecular formula is C12H24Cl2F4N2O2. The van der Waals surface area contributed by atoms with Crippen molar-refractivity contribution < 1.29 is 27.8 Å². The summed E-state index contributed by atoms with van der Waals surface area (Å²) in [4.78, 5) is 0. The Morgan fingerprint density at radius 1 is 0.727 bits per heavy atom. The highest BCUT2D eigenvalue weighted by Crippen LogP contribution is 2.33. The van der Waals surface area contributed by atoms with Gasteiger partial charge < -0.3 is 21.7 Å². The number of nitrogens with two attached hydrogens (primary N) is 2. The van der Waals surface area contributed by atoms with Crippen LogP contribution in [-0.4, -0.2) is 46.3 Å². The second-order valence-corrected chi connectivity index (χ2v) is 5.66. The van der Waals surface area contributed by atoms with E-state index >= 15 is 0 Å². The summed E-state index contributed by atoms with van der Waals surface area (Å²) in [5.41, 5.74) is 10.4. The highest BCUT2D eigenvalue weighted by Gasteiger charge is 2.39. The third-order valence-corrected chi connectivity index (χ3v) is 3.67. The quantitative estimate of drug-likeness (QED) is 0.486. The van der Waals surface area contributed by atoms with Crippen molar-refractivity contribution in [2.75, 3.05) is 0 Å². The van der Waals surface area contributed by atoms with Crippen molar-refractivity contribution >= 4 is 24.8 Å². The molecule has 0 spiro atoms. The van der Waals surface area contributed by atoms with E-state index in [-0.39, 0.29) is 63.3 Å². The Hall–Kier alpha value is 0.140. The van der Waals surface area contributed by atoms with Gasteiger partial charge in [0.05, 0.1) is 12.2 Å². The number of hydrogen-bond donors (Lipinski definition) is 4. The molecule has 0 aromatic rings. The fourth-order valence-corrected chi connectivity index (χ4v) is 2.31. The maximum Gasteiger partial charge on any atom is 0.249 e. The van der Waals surface area contributed by atoms with Gasteiger partial charge in [-0.25, -0.2) is 17.6 Å². The van der Waals surface area contributed by atoms with Crippen molar-refractivity contribution in [3.63, 3.8) is 0 Å². The fraction of sp³-hybridized carbons (Fsp3) is 1.00. The van der Waals surface area contributed by atoms with E-state index in [2.05, 4.69) is 0 Å². The SMILES string of the molecule is Cl.Cl.N[C@@H]1CC(F)(F)CC[C@H]1O.N[C@H]1CC(F)(F)CC[C@@H]1O. The predicted octanol–water partition coefficient (Wildman–Crippen LogP) is 1.83. The summed E-state index contributed by atoms with van der Waals surface area (Å²) in [6.45, 7) is 0. The zero-order chi connectivity index (χ0) is 15.6. The number of halogens is 6. The zero-order valence-electron chi connectivity index (χ0n) is 11.9. The molecule has 2 aliphatic carbocycles. The Morgan fingerprint density at radius 2 is 1.00 bits per heavy atom. The van der Waals surface area contributed by atoms with Crippen LogP contribution in [-0.2, 0) is 0 Å². The van der Waals surface area contributed by atoms with Crippen LogP contribution < -0.4 is 11.5 Å². The molecule has 0 aromatic heterocycles. The molecule has 2 rings (SSSR count). The number of aliphatic hydroxyl groups excluding tert-OH is 2. The molecule has 10 heteroatoms. The van der Waals surface area contributed by atoms with E-state index in [1.54, 1.807) is 0 Å². The van der Waals surface area contributed by atoms with Crippen molar-refractivity contribution in [1.29, 1.82) is 0 Å². The Bertz CT molecular complexity index is 298. The van der Waals surface area contributed by atoms with Crippen molar-refractivity contribution in [1.82, 2.24) is 0 Å². The van der Waals surface area contributed by atoms with E-state index in [1.807, 2.05) is 0 Å². The van der Waals surface area contributed by atoms with Gasteiger partial charge in [0.2, 0.25) is 11.8 Å². The average molecular weight is 375 g/mol. The summed E-state index contributed by atoms with van der Waals surface area (Å²) < 4.78 is 49.7. The van der Waals surface area contributed by atoms with Crippen LogP contribution in [0.4, 0.5) is 17.6 Å². The van der Waals surface area contributed by atoms with Gasteiger partial charge in [0.15, 0.2) is 0 Å². The molecule has 2 saturated carbocycles. The van der Waals surface area contributed by atoms with Crippen molar-refractivity contribution in [3.05, 3.63) is 0 Å². The zero-order valence-corrected chi connectivity index (χ0v) is 13.6. The molecule has 0 heterocycles. The summed E-state index contributed by atoms with van der Waals surface area (Å²) in [5.74, 6) is -5.31. The van der Waals surface area contributed by atoms with Crippen LogP contribution in [0, 0.1) is 0 Å². The van der Waals surface area contributed by atoms with E-state index in [0.717, 1.165) is 0 Å². The summed E-state index contributed by atoms with van der Waals surface area (Å²) in [6, 6.07) is -1.49. The number of alkyl halides is 4. The Labute approximate surface area is 139 Å². The minimum atomic E-state index is -2.65. The van der Waals surface area contributed by atoms with Gasteiger partial charge in [0.1, 0.15) is 0 Å². The number of rotatable bonds is 0. The van der Waals surface area contributed by atoms with E-state index in [0.29, 0.717) is 0 Å². The lowest BCUT2D eigenvalue weighted by Crippen LogP contribution is -2.44. The molecule has 0 radical (unpaired) electrons. The van der Waals surface area contributed by atoms with Crippen LogP contribution in [0.5, 0.6) is 0 Å². The van der Waals surface area contributed by atoms with Crippen molar-refractivity contribution in [2.24, 2.45) is 11.5 Å². The van der Waals surface area contributed by atoms with Crippen molar-refractivity contribution in [2.45, 2.75) is 74.7 Å². The molecule has 6 N–H and O–H groups in total. The van der Waals surface area contributed by atoms with E-state index in [9.17, 15) is 17.6 Å². The highest BCUT2D eigenvalue weighted by atomic mass is 35.5. The predicted molar refractivity (Wildman–Crippen MR) is 80.1 cm³/mol.